The molecule has 1 unspecified atom stereocenters. The Balaban J connectivity index is 1.57. The number of carboxylic acids is 1. The maximum atomic E-state index is 13.0. The van der Waals surface area contributed by atoms with Gasteiger partial charge in [-0.05, 0) is 42.0 Å². The van der Waals surface area contributed by atoms with E-state index in [2.05, 4.69) is 10.3 Å². The minimum atomic E-state index is -1.14. The van der Waals surface area contributed by atoms with Crippen LogP contribution in [0.1, 0.15) is 11.3 Å². The largest absolute Gasteiger partial charge is 0.480 e. The van der Waals surface area contributed by atoms with Crippen molar-refractivity contribution in [3.05, 3.63) is 83.0 Å². The molecule has 9 heteroatoms. The van der Waals surface area contributed by atoms with E-state index in [1.165, 1.54) is 6.08 Å². The normalized spacial score (nSPS) is 15.9. The van der Waals surface area contributed by atoms with Crippen molar-refractivity contribution in [2.75, 3.05) is 0 Å². The third-order valence-electron chi connectivity index (χ3n) is 4.70. The standard InChI is InChI=1S/C22H16ClN3O4S/c23-19-11-14(8-9-24-19)18-7-6-15(30-18)12-16-20(27)26(22(31)25-16)17(21(28)29)10-13-4-2-1-3-5-13/h1-9,11-12,17H,10H2,(H,25,31)(H,28,29). The molecule has 1 amide bonds. The molecular formula is C22H16ClN3O4S. The molecule has 31 heavy (non-hydrogen) atoms. The highest BCUT2D eigenvalue weighted by Crippen LogP contribution is 2.26. The van der Waals surface area contributed by atoms with Gasteiger partial charge in [-0.25, -0.2) is 9.78 Å². The maximum absolute atomic E-state index is 13.0. The van der Waals surface area contributed by atoms with Crippen LogP contribution in [0.15, 0.2) is 70.9 Å². The first-order valence-corrected chi connectivity index (χ1v) is 10.1. The van der Waals surface area contributed by atoms with Crippen LogP contribution in [0.5, 0.6) is 0 Å². The molecule has 1 aromatic carbocycles. The summed E-state index contributed by atoms with van der Waals surface area (Å²) in [5.74, 6) is -0.720. The third kappa shape index (κ3) is 4.50. The maximum Gasteiger partial charge on any atom is 0.327 e. The first-order valence-electron chi connectivity index (χ1n) is 9.27. The van der Waals surface area contributed by atoms with Gasteiger partial charge in [0.1, 0.15) is 28.4 Å². The molecule has 1 aliphatic heterocycles. The van der Waals surface area contributed by atoms with E-state index in [0.717, 1.165) is 16.0 Å². The molecule has 7 nitrogen and oxygen atoms in total. The summed E-state index contributed by atoms with van der Waals surface area (Å²) in [6.45, 7) is 0. The van der Waals surface area contributed by atoms with Crippen LogP contribution < -0.4 is 5.32 Å². The quantitative estimate of drug-likeness (QED) is 0.333. The van der Waals surface area contributed by atoms with E-state index >= 15 is 0 Å². The first kappa shape index (κ1) is 20.8. The van der Waals surface area contributed by atoms with Gasteiger partial charge < -0.3 is 14.8 Å². The van der Waals surface area contributed by atoms with Gasteiger partial charge in [0.15, 0.2) is 5.11 Å². The van der Waals surface area contributed by atoms with Crippen LogP contribution in [0.2, 0.25) is 5.15 Å². The highest BCUT2D eigenvalue weighted by atomic mass is 35.5. The van der Waals surface area contributed by atoms with Crippen LogP contribution in [-0.2, 0) is 16.0 Å². The molecule has 2 aromatic heterocycles. The van der Waals surface area contributed by atoms with E-state index in [1.807, 2.05) is 18.2 Å². The summed E-state index contributed by atoms with van der Waals surface area (Å²) in [7, 11) is 0. The molecule has 1 atom stereocenters. The summed E-state index contributed by atoms with van der Waals surface area (Å²) in [5, 5.41) is 12.9. The minimum Gasteiger partial charge on any atom is -0.480 e. The summed E-state index contributed by atoms with van der Waals surface area (Å²) in [5.41, 5.74) is 1.66. The minimum absolute atomic E-state index is 0.0345. The lowest BCUT2D eigenvalue weighted by Crippen LogP contribution is -2.46. The van der Waals surface area contributed by atoms with Crippen LogP contribution in [0.25, 0.3) is 17.4 Å². The van der Waals surface area contributed by atoms with E-state index < -0.39 is 17.9 Å². The smallest absolute Gasteiger partial charge is 0.327 e. The number of furan rings is 1. The van der Waals surface area contributed by atoms with Crippen molar-refractivity contribution in [3.63, 3.8) is 0 Å². The number of carbonyl (C=O) groups is 2. The summed E-state index contributed by atoms with van der Waals surface area (Å²) >= 11 is 11.2. The average Bonchev–Trinajstić information content (AvgIpc) is 3.32. The number of halogens is 1. The summed E-state index contributed by atoms with van der Waals surface area (Å²) in [6.07, 6.45) is 3.18. The lowest BCUT2D eigenvalue weighted by molar-refractivity contribution is -0.145. The van der Waals surface area contributed by atoms with Crippen LogP contribution in [0, 0.1) is 0 Å². The van der Waals surface area contributed by atoms with Crippen molar-refractivity contribution >= 4 is 46.9 Å². The topological polar surface area (TPSA) is 95.7 Å². The Bertz CT molecular complexity index is 1190. The molecule has 1 saturated heterocycles. The second-order valence-electron chi connectivity index (χ2n) is 6.78. The average molecular weight is 454 g/mol. The van der Waals surface area contributed by atoms with Crippen LogP contribution in [0.3, 0.4) is 0 Å². The predicted octanol–water partition coefficient (Wildman–Crippen LogP) is 3.75. The Morgan fingerprint density at radius 2 is 2.03 bits per heavy atom. The van der Waals surface area contributed by atoms with Gasteiger partial charge >= 0.3 is 5.97 Å². The monoisotopic (exact) mass is 453 g/mol. The molecule has 3 heterocycles. The Kier molecular flexibility index (Phi) is 5.83. The second kappa shape index (κ2) is 8.71. The predicted molar refractivity (Wildman–Crippen MR) is 119 cm³/mol. The van der Waals surface area contributed by atoms with Crippen molar-refractivity contribution in [2.45, 2.75) is 12.5 Å². The lowest BCUT2D eigenvalue weighted by Gasteiger charge is -2.22. The number of rotatable bonds is 6. The Morgan fingerprint density at radius 1 is 1.26 bits per heavy atom. The van der Waals surface area contributed by atoms with Crippen molar-refractivity contribution in [3.8, 4) is 11.3 Å². The molecule has 156 valence electrons. The molecule has 3 aromatic rings. The number of amides is 1. The Morgan fingerprint density at radius 3 is 2.74 bits per heavy atom. The SMILES string of the molecule is O=C(O)C(Cc1ccccc1)N1C(=O)C(=Cc2ccc(-c3ccnc(Cl)c3)o2)NC1=S. The van der Waals surface area contributed by atoms with Crippen molar-refractivity contribution in [2.24, 2.45) is 0 Å². The lowest BCUT2D eigenvalue weighted by atomic mass is 10.0. The third-order valence-corrected chi connectivity index (χ3v) is 5.21. The zero-order chi connectivity index (χ0) is 22.0. The fourth-order valence-corrected chi connectivity index (χ4v) is 3.74. The fraction of sp³-hybridized carbons (Fsp3) is 0.0909. The van der Waals surface area contributed by atoms with Gasteiger partial charge in [0.05, 0.1) is 0 Å². The van der Waals surface area contributed by atoms with Crippen molar-refractivity contribution in [1.29, 1.82) is 0 Å². The van der Waals surface area contributed by atoms with E-state index in [9.17, 15) is 14.7 Å². The molecule has 0 radical (unpaired) electrons. The molecule has 1 aliphatic rings. The number of benzene rings is 1. The van der Waals surface area contributed by atoms with Crippen LogP contribution >= 0.6 is 23.8 Å². The van der Waals surface area contributed by atoms with Crippen molar-refractivity contribution < 1.29 is 19.1 Å². The van der Waals surface area contributed by atoms with Gasteiger partial charge in [-0.15, -0.1) is 0 Å². The fourth-order valence-electron chi connectivity index (χ4n) is 3.24. The van der Waals surface area contributed by atoms with Gasteiger partial charge in [0, 0.05) is 24.3 Å². The van der Waals surface area contributed by atoms with E-state index in [1.54, 1.807) is 42.6 Å². The van der Waals surface area contributed by atoms with Gasteiger partial charge in [0.2, 0.25) is 0 Å². The second-order valence-corrected chi connectivity index (χ2v) is 7.55. The summed E-state index contributed by atoms with van der Waals surface area (Å²) < 4.78 is 5.78. The van der Waals surface area contributed by atoms with Crippen LogP contribution in [-0.4, -0.2) is 38.0 Å². The number of carbonyl (C=O) groups excluding carboxylic acids is 1. The molecular weight excluding hydrogens is 438 g/mol. The molecule has 0 bridgehead atoms. The molecule has 2 N–H and O–H groups in total. The number of aliphatic carboxylic acids is 1. The van der Waals surface area contributed by atoms with Gasteiger partial charge in [0.25, 0.3) is 5.91 Å². The number of nitrogens with zero attached hydrogens (tertiary/aromatic N) is 2. The highest BCUT2D eigenvalue weighted by molar-refractivity contribution is 7.80. The molecule has 0 saturated carbocycles. The summed E-state index contributed by atoms with van der Waals surface area (Å²) in [4.78, 5) is 29.9. The van der Waals surface area contributed by atoms with E-state index in [4.69, 9.17) is 28.2 Å². The van der Waals surface area contributed by atoms with Crippen molar-refractivity contribution in [1.82, 2.24) is 15.2 Å². The first-order chi connectivity index (χ1) is 14.9. The number of pyridine rings is 1. The number of hydrogen-bond acceptors (Lipinski definition) is 5. The molecule has 0 aliphatic carbocycles. The number of nitrogens with one attached hydrogen (secondary N) is 1. The number of carboxylic acid groups (broad SMARTS) is 1. The number of aromatic nitrogens is 1. The van der Waals surface area contributed by atoms with E-state index in [-0.39, 0.29) is 17.2 Å². The Labute approximate surface area is 188 Å². The van der Waals surface area contributed by atoms with Gasteiger partial charge in [-0.2, -0.15) is 0 Å². The van der Waals surface area contributed by atoms with Crippen LogP contribution in [0.4, 0.5) is 0 Å². The van der Waals surface area contributed by atoms with Gasteiger partial charge in [-0.3, -0.25) is 9.69 Å². The molecule has 1 fully saturated rings. The number of hydrogen-bond donors (Lipinski definition) is 2. The zero-order valence-corrected chi connectivity index (χ0v) is 17.6. The Hall–Kier alpha value is -3.49. The summed E-state index contributed by atoms with van der Waals surface area (Å²) in [6, 6.07) is 14.8. The van der Waals surface area contributed by atoms with Gasteiger partial charge in [-0.1, -0.05) is 41.9 Å². The number of thiocarbonyl (C=S) groups is 1. The van der Waals surface area contributed by atoms with E-state index in [0.29, 0.717) is 16.7 Å². The highest BCUT2D eigenvalue weighted by Gasteiger charge is 2.39. The zero-order valence-electron chi connectivity index (χ0n) is 16.0. The molecule has 4 rings (SSSR count). The molecule has 0 spiro atoms.